The van der Waals surface area contributed by atoms with E-state index in [4.69, 9.17) is 20.6 Å². The van der Waals surface area contributed by atoms with Crippen LogP contribution in [0.25, 0.3) is 0 Å². The Morgan fingerprint density at radius 1 is 0.500 bits per heavy atom. The standard InChI is InChI=1S/C38H55N5O5.C38H54N4O8.C36H56N4O6/c1-5-7-14-28(32(44)34(46)39-15-8-6-2)40-33(45)31-29-27(37(29,3)4)22-43(31)35(47)30(26-12-10-9-11-13-26)41-36(48)42-38-19-23-16-24(20-38)18-25(17-23)21-38;1-37(2,3)50-36(48)41-30(25-17-10-7-11-18-25)35(47)42-21-26-29(38(26,4)5)31(42)33(45)40-27(19-23-15-12-16-23)32(44)34(46)39-20-28(43)49-22-24-13-8-6-9-14-24;1-8-13-24(28(41)30(43)37-18-9-2)38-29(42)27-25-23(35(25,5)6)20-40(27)31(44)26(21-14-11-10-12-15-21)39-33(45)46-32-34(3,4)22-16-17-36(32,7)19-22/h2,5,23-31H,1,7-22H2,3-4H3,(H,39,46)(H,40,45)(H2,41,42,48);6,8-9,13-14,23,25-27,29-31H,7,10-12,15-22H2,1-5H3,(H,39,46)(H,40,45)(H,41,48);9,21-27,32H,2,8,10-20H2,1,3-7H3,(H,37,43)(H,38,42)(H,39,45)/t23?,24?,25?,27-,28?,29-,30-,31-,38?;26-,27?,29-,30-,31-;22?,23-,24?,25-,26-,27-,32?,36?/m000/s1. The number of nitrogens with zero attached hydrogens (tertiary/aromatic N) is 3. The van der Waals surface area contributed by atoms with Gasteiger partial charge in [0.25, 0.3) is 17.7 Å². The lowest BCUT2D eigenvalue weighted by atomic mass is 9.53. The van der Waals surface area contributed by atoms with Crippen LogP contribution in [-0.4, -0.2) is 220 Å². The molecule has 6 bridgehead atoms. The minimum absolute atomic E-state index is 0.00404. The number of allylic oxidation sites excluding steroid dienone is 1. The summed E-state index contributed by atoms with van der Waals surface area (Å²) in [5.41, 5.74) is -0.801. The van der Waals surface area contributed by atoms with Crippen LogP contribution in [0.3, 0.4) is 0 Å². The summed E-state index contributed by atoms with van der Waals surface area (Å²) in [7, 11) is 0. The van der Waals surface area contributed by atoms with Crippen LogP contribution >= 0.6 is 0 Å². The summed E-state index contributed by atoms with van der Waals surface area (Å²) in [5, 5.41) is 28.4. The van der Waals surface area contributed by atoms with E-state index in [1.165, 1.54) is 25.3 Å². The largest absolute Gasteiger partial charge is 0.460 e. The second-order valence-electron chi connectivity index (χ2n) is 49.1. The molecule has 6 unspecified atom stereocenters. The second kappa shape index (κ2) is 45.6. The van der Waals surface area contributed by atoms with Crippen LogP contribution < -0.4 is 53.2 Å². The summed E-state index contributed by atoms with van der Waals surface area (Å²) in [6, 6.07) is 0.866. The molecule has 3 heterocycles. The van der Waals surface area contributed by atoms with Gasteiger partial charge < -0.3 is 82.1 Å². The monoisotopic (exact) mass is 2000 g/mol. The first-order valence-electron chi connectivity index (χ1n) is 54.5. The van der Waals surface area contributed by atoms with Crippen molar-refractivity contribution in [3.8, 4) is 12.3 Å². The number of esters is 1. The van der Waals surface area contributed by atoms with Gasteiger partial charge >= 0.3 is 24.2 Å². The summed E-state index contributed by atoms with van der Waals surface area (Å²) >= 11 is 0. The third-order valence-electron chi connectivity index (χ3n) is 36.7. The first kappa shape index (κ1) is 109. The SMILES string of the molecule is C#CCCNC(=O)C(=O)C(CCC=C)NC(=O)[C@@H]1[C@@H]2[C@H](CN1C(=O)[C@@H](NC(=O)NC13CC4CC(CC(C4)C1)C3)C1CCCCC1)C2(C)C.C=CCNC(=O)C(=O)C(CCC)NC(=O)[C@@H]1[C@@H]2[C@H](CN1C(=O)[C@@H](NC(=O)OC1C3(C)CCC(C3)C1(C)C)C1CCCCC1)C2(C)C.CC(C)(C)OC(=O)N[C@H](C(=O)N1C[C@H]2[C@@H]([C@H]1C(=O)NC(CC1CCC1)C(=O)C(=O)NCC(=O)OCc1ccccc1)C2(C)C)C1CCCCC1. The number of Topliss-reactive ketones (excluding diaryl/α,β-unsaturated/α-hetero) is 3. The van der Waals surface area contributed by atoms with Gasteiger partial charge in [0, 0.05) is 55.5 Å². The van der Waals surface area contributed by atoms with Gasteiger partial charge in [0.2, 0.25) is 52.8 Å². The number of carbonyl (C=O) groups is 16. The first-order chi connectivity index (χ1) is 68.3. The number of carbonyl (C=O) groups excluding carboxylic acids is 16. The van der Waals surface area contributed by atoms with Gasteiger partial charge in [-0.15, -0.1) is 25.5 Å². The Hall–Kier alpha value is -10.2. The smallest absolute Gasteiger partial charge is 0.408 e. The van der Waals surface area contributed by atoms with Crippen LogP contribution in [0.4, 0.5) is 14.4 Å². The van der Waals surface area contributed by atoms with Crippen molar-refractivity contribution >= 4 is 94.7 Å². The Kier molecular flexibility index (Phi) is 34.7. The molecule has 13 amide bonds. The molecule has 16 fully saturated rings. The van der Waals surface area contributed by atoms with Crippen LogP contribution in [0.15, 0.2) is 55.6 Å². The molecule has 16 aliphatic rings. The summed E-state index contributed by atoms with van der Waals surface area (Å²) in [6.45, 7) is 34.7. The number of terminal acetylenes is 1. The number of fused-ring (bicyclic) bond motifs is 5. The molecule has 0 aromatic heterocycles. The first-order valence-corrected chi connectivity index (χ1v) is 54.5. The third kappa shape index (κ3) is 24.7. The normalized spacial score (nSPS) is 30.3. The molecule has 17 rings (SSSR count). The second-order valence-corrected chi connectivity index (χ2v) is 49.1. The number of likely N-dealkylation sites (tertiary alicyclic amines) is 3. The number of hydrogen-bond acceptors (Lipinski definition) is 19. The van der Waals surface area contributed by atoms with Gasteiger partial charge in [-0.3, -0.25) is 62.3 Å². The zero-order valence-electron chi connectivity index (χ0n) is 87.8. The molecule has 1 aromatic rings. The Morgan fingerprint density at radius 3 is 1.36 bits per heavy atom. The molecule has 32 nitrogen and oxygen atoms in total. The number of benzene rings is 1. The highest BCUT2D eigenvalue weighted by molar-refractivity contribution is 6.39. The van der Waals surface area contributed by atoms with Crippen LogP contribution in [0.2, 0.25) is 0 Å². The number of rotatable bonds is 38. The van der Waals surface area contributed by atoms with Gasteiger partial charge in [-0.05, 0) is 247 Å². The Balaban J connectivity index is 0.000000171. The molecule has 13 aliphatic carbocycles. The molecule has 0 radical (unpaired) electrons. The predicted molar refractivity (Wildman–Crippen MR) is 540 cm³/mol. The number of nitrogens with one attached hydrogen (secondary N) is 10. The van der Waals surface area contributed by atoms with Crippen molar-refractivity contribution < 1.29 is 90.9 Å². The fraction of sp³-hybridized carbons (Fsp3) is 0.750. The number of alkyl carbamates (subject to hydrolysis) is 2. The summed E-state index contributed by atoms with van der Waals surface area (Å²) in [4.78, 5) is 221. The minimum atomic E-state index is -1.11. The van der Waals surface area contributed by atoms with E-state index < -0.39 is 137 Å². The van der Waals surface area contributed by atoms with E-state index in [1.807, 2.05) is 25.1 Å². The predicted octanol–water partition coefficient (Wildman–Crippen LogP) is 12.4. The molecule has 1 aromatic carbocycles. The molecule has 3 saturated heterocycles. The summed E-state index contributed by atoms with van der Waals surface area (Å²) in [5.74, 6) is -2.54. The minimum Gasteiger partial charge on any atom is -0.460 e. The molecule has 18 atom stereocenters. The Bertz CT molecular complexity index is 4930. The van der Waals surface area contributed by atoms with Crippen molar-refractivity contribution in [1.82, 2.24) is 67.9 Å². The fourth-order valence-electron chi connectivity index (χ4n) is 28.7. The van der Waals surface area contributed by atoms with E-state index in [1.54, 1.807) is 53.7 Å². The number of urea groups is 1. The molecule has 0 spiro atoms. The molecule has 13 saturated carbocycles. The van der Waals surface area contributed by atoms with Crippen LogP contribution in [0.1, 0.15) is 307 Å². The molecule has 10 N–H and O–H groups in total. The average molecular weight is 2000 g/mol. The molecule has 792 valence electrons. The summed E-state index contributed by atoms with van der Waals surface area (Å²) < 4.78 is 17.0. The third-order valence-corrected chi connectivity index (χ3v) is 36.7. The molecule has 144 heavy (non-hydrogen) atoms. The summed E-state index contributed by atoms with van der Waals surface area (Å²) in [6.07, 6.45) is 36.0. The Morgan fingerprint density at radius 2 is 0.938 bits per heavy atom. The number of ether oxygens (including phenoxy) is 3. The quantitative estimate of drug-likeness (QED) is 0.00734. The lowest BCUT2D eigenvalue weighted by Crippen LogP contribution is -2.64. The van der Waals surface area contributed by atoms with Gasteiger partial charge in [0.1, 0.15) is 61.1 Å². The number of hydrogen-bond donors (Lipinski definition) is 10. The maximum Gasteiger partial charge on any atom is 0.408 e. The van der Waals surface area contributed by atoms with Gasteiger partial charge in [-0.25, -0.2) is 14.4 Å². The molecular formula is C112H165N13O19. The van der Waals surface area contributed by atoms with Crippen molar-refractivity contribution in [3.63, 3.8) is 0 Å². The maximum absolute atomic E-state index is 14.6. The van der Waals surface area contributed by atoms with Crippen molar-refractivity contribution in [1.29, 1.82) is 0 Å². The van der Waals surface area contributed by atoms with Gasteiger partial charge in [0.05, 0.1) is 18.1 Å². The van der Waals surface area contributed by atoms with E-state index in [0.29, 0.717) is 69.0 Å². The van der Waals surface area contributed by atoms with E-state index in [0.717, 1.165) is 160 Å². The number of piperidine rings is 3. The molecular weight excluding hydrogens is 1830 g/mol. The number of ketones is 3. The van der Waals surface area contributed by atoms with E-state index in [2.05, 4.69) is 135 Å². The van der Waals surface area contributed by atoms with Gasteiger partial charge in [-0.2, -0.15) is 0 Å². The van der Waals surface area contributed by atoms with Crippen molar-refractivity contribution in [3.05, 3.63) is 61.2 Å². The van der Waals surface area contributed by atoms with E-state index >= 15 is 0 Å². The topological polar surface area (TPSA) is 431 Å². The Labute approximate surface area is 851 Å². The van der Waals surface area contributed by atoms with Gasteiger partial charge in [-0.1, -0.05) is 195 Å². The van der Waals surface area contributed by atoms with E-state index in [-0.39, 0.29) is 154 Å². The van der Waals surface area contributed by atoms with Crippen molar-refractivity contribution in [2.24, 2.45) is 110 Å². The maximum atomic E-state index is 14.6. The van der Waals surface area contributed by atoms with Crippen molar-refractivity contribution in [2.75, 3.05) is 39.3 Å². The lowest BCUT2D eigenvalue weighted by molar-refractivity contribution is -0.147. The zero-order valence-corrected chi connectivity index (χ0v) is 87.8. The van der Waals surface area contributed by atoms with E-state index in [9.17, 15) is 76.7 Å². The van der Waals surface area contributed by atoms with Crippen LogP contribution in [-0.2, 0) is 83.1 Å². The van der Waals surface area contributed by atoms with Crippen LogP contribution in [0, 0.1) is 122 Å². The zero-order chi connectivity index (χ0) is 104. The highest BCUT2D eigenvalue weighted by atomic mass is 16.6. The van der Waals surface area contributed by atoms with Crippen molar-refractivity contribution in [2.45, 2.75) is 380 Å². The van der Waals surface area contributed by atoms with Gasteiger partial charge in [0.15, 0.2) is 0 Å². The highest BCUT2D eigenvalue weighted by Gasteiger charge is 2.73. The highest BCUT2D eigenvalue weighted by Crippen LogP contribution is 2.68. The molecule has 32 heteroatoms. The lowest BCUT2D eigenvalue weighted by Gasteiger charge is -2.56. The number of amides is 13. The molecule has 3 aliphatic heterocycles. The average Bonchev–Trinajstić information content (AvgIpc) is 1.53. The van der Waals surface area contributed by atoms with Crippen LogP contribution in [0.5, 0.6) is 0 Å². The fourth-order valence-corrected chi connectivity index (χ4v) is 28.7.